The van der Waals surface area contributed by atoms with Crippen molar-refractivity contribution < 1.29 is 4.79 Å². The van der Waals surface area contributed by atoms with Gasteiger partial charge in [0.05, 0.1) is 5.56 Å². The lowest BCUT2D eigenvalue weighted by molar-refractivity contribution is 0.0954. The van der Waals surface area contributed by atoms with Crippen molar-refractivity contribution in [1.82, 2.24) is 15.2 Å². The second-order valence-corrected chi connectivity index (χ2v) is 8.43. The minimum absolute atomic E-state index is 0.0571. The van der Waals surface area contributed by atoms with E-state index in [0.717, 1.165) is 36.0 Å². The smallest absolute Gasteiger partial charge is 0.251 e. The lowest BCUT2D eigenvalue weighted by atomic mass is 10.0. The van der Waals surface area contributed by atoms with Gasteiger partial charge in [-0.2, -0.15) is 5.26 Å². The summed E-state index contributed by atoms with van der Waals surface area (Å²) < 4.78 is 0. The first kappa shape index (κ1) is 21.0. The number of aromatic nitrogens is 1. The van der Waals surface area contributed by atoms with Gasteiger partial charge in [0.25, 0.3) is 5.91 Å². The maximum Gasteiger partial charge on any atom is 0.251 e. The fourth-order valence-corrected chi connectivity index (χ4v) is 4.30. The van der Waals surface area contributed by atoms with Crippen LogP contribution in [-0.4, -0.2) is 55.6 Å². The summed E-state index contributed by atoms with van der Waals surface area (Å²) in [5, 5.41) is 13.1. The van der Waals surface area contributed by atoms with Crippen LogP contribution in [0.4, 0.5) is 5.69 Å². The van der Waals surface area contributed by atoms with E-state index < -0.39 is 0 Å². The molecule has 3 aromatic rings. The van der Waals surface area contributed by atoms with Gasteiger partial charge in [-0.05, 0) is 75.3 Å². The van der Waals surface area contributed by atoms with Gasteiger partial charge in [0.15, 0.2) is 0 Å². The Morgan fingerprint density at radius 3 is 2.61 bits per heavy atom. The predicted molar refractivity (Wildman–Crippen MR) is 124 cm³/mol. The summed E-state index contributed by atoms with van der Waals surface area (Å²) >= 11 is 0. The third kappa shape index (κ3) is 4.73. The van der Waals surface area contributed by atoms with E-state index in [0.29, 0.717) is 23.7 Å². The van der Waals surface area contributed by atoms with Crippen LogP contribution in [0.2, 0.25) is 0 Å². The zero-order valence-electron chi connectivity index (χ0n) is 18.2. The normalized spacial score (nSPS) is 14.7. The number of aromatic amines is 1. The molecule has 2 heterocycles. The number of hydrogen-bond acceptors (Lipinski definition) is 4. The molecule has 160 valence electrons. The number of rotatable bonds is 6. The summed E-state index contributed by atoms with van der Waals surface area (Å²) in [6.45, 7) is 2.65. The fourth-order valence-electron chi connectivity index (χ4n) is 4.30. The molecular weight excluding hydrogens is 386 g/mol. The molecule has 1 amide bonds. The average Bonchev–Trinajstić information content (AvgIpc) is 3.21. The Hall–Kier alpha value is -3.30. The third-order valence-corrected chi connectivity index (χ3v) is 6.26. The Labute approximate surface area is 183 Å². The minimum Gasteiger partial charge on any atom is -0.371 e. The standard InChI is InChI=1S/C25H29N5O/c1-29(2)21-10-13-30(14-11-21)22-6-4-19(5-7-22)25(31)27-12-9-18-3-8-24-23(15-18)20(16-26)17-28-24/h3-8,15,17,21,28H,9-14H2,1-2H3,(H,27,31). The molecule has 1 aliphatic heterocycles. The number of carbonyl (C=O) groups is 1. The van der Waals surface area contributed by atoms with E-state index in [4.69, 9.17) is 0 Å². The van der Waals surface area contributed by atoms with Crippen LogP contribution in [0.5, 0.6) is 0 Å². The first-order valence-corrected chi connectivity index (χ1v) is 10.8. The number of nitrogens with zero attached hydrogens (tertiary/aromatic N) is 3. The molecule has 2 aromatic carbocycles. The molecule has 1 saturated heterocycles. The maximum atomic E-state index is 12.5. The van der Waals surface area contributed by atoms with E-state index in [-0.39, 0.29) is 5.91 Å². The number of piperidine rings is 1. The van der Waals surface area contributed by atoms with Gasteiger partial charge in [0.1, 0.15) is 6.07 Å². The highest BCUT2D eigenvalue weighted by Gasteiger charge is 2.20. The van der Waals surface area contributed by atoms with Gasteiger partial charge in [-0.3, -0.25) is 4.79 Å². The largest absolute Gasteiger partial charge is 0.371 e. The Balaban J connectivity index is 1.30. The van der Waals surface area contributed by atoms with Crippen molar-refractivity contribution in [1.29, 1.82) is 5.26 Å². The number of amides is 1. The van der Waals surface area contributed by atoms with E-state index in [1.54, 1.807) is 6.20 Å². The average molecular weight is 416 g/mol. The second kappa shape index (κ2) is 9.23. The molecule has 4 rings (SSSR count). The monoisotopic (exact) mass is 415 g/mol. The van der Waals surface area contributed by atoms with Crippen molar-refractivity contribution in [2.24, 2.45) is 0 Å². The quantitative estimate of drug-likeness (QED) is 0.646. The zero-order chi connectivity index (χ0) is 21.8. The van der Waals surface area contributed by atoms with Crippen LogP contribution in [0.1, 0.15) is 34.3 Å². The van der Waals surface area contributed by atoms with Gasteiger partial charge in [0.2, 0.25) is 0 Å². The predicted octanol–water partition coefficient (Wildman–Crippen LogP) is 3.54. The Morgan fingerprint density at radius 1 is 1.19 bits per heavy atom. The summed E-state index contributed by atoms with van der Waals surface area (Å²) in [6.07, 6.45) is 4.78. The van der Waals surface area contributed by atoms with Crippen molar-refractivity contribution in [2.45, 2.75) is 25.3 Å². The second-order valence-electron chi connectivity index (χ2n) is 8.43. The molecule has 1 aromatic heterocycles. The van der Waals surface area contributed by atoms with E-state index in [2.05, 4.69) is 40.3 Å². The summed E-state index contributed by atoms with van der Waals surface area (Å²) in [4.78, 5) is 20.3. The van der Waals surface area contributed by atoms with Gasteiger partial charge in [-0.1, -0.05) is 6.07 Å². The van der Waals surface area contributed by atoms with E-state index in [1.165, 1.54) is 18.5 Å². The Kier molecular flexibility index (Phi) is 6.24. The van der Waals surface area contributed by atoms with E-state index >= 15 is 0 Å². The van der Waals surface area contributed by atoms with E-state index in [9.17, 15) is 10.1 Å². The molecular formula is C25H29N5O. The zero-order valence-corrected chi connectivity index (χ0v) is 18.2. The molecule has 1 fully saturated rings. The molecule has 0 radical (unpaired) electrons. The number of carbonyl (C=O) groups excluding carboxylic acids is 1. The fraction of sp³-hybridized carbons (Fsp3) is 0.360. The lowest BCUT2D eigenvalue weighted by Gasteiger charge is -2.36. The highest BCUT2D eigenvalue weighted by Crippen LogP contribution is 2.22. The van der Waals surface area contributed by atoms with Crippen LogP contribution in [-0.2, 0) is 6.42 Å². The molecule has 6 nitrogen and oxygen atoms in total. The van der Waals surface area contributed by atoms with Crippen LogP contribution in [0, 0.1) is 11.3 Å². The first-order valence-electron chi connectivity index (χ1n) is 10.8. The number of hydrogen-bond donors (Lipinski definition) is 2. The van der Waals surface area contributed by atoms with Crippen LogP contribution in [0.3, 0.4) is 0 Å². The molecule has 0 unspecified atom stereocenters. The molecule has 0 spiro atoms. The maximum absolute atomic E-state index is 12.5. The summed E-state index contributed by atoms with van der Waals surface area (Å²) in [5.74, 6) is -0.0571. The van der Waals surface area contributed by atoms with Gasteiger partial charge in [-0.25, -0.2) is 0 Å². The Bertz CT molecular complexity index is 1090. The van der Waals surface area contributed by atoms with Crippen LogP contribution in [0.25, 0.3) is 10.9 Å². The van der Waals surface area contributed by atoms with Crippen LogP contribution < -0.4 is 10.2 Å². The minimum atomic E-state index is -0.0571. The van der Waals surface area contributed by atoms with Crippen molar-refractivity contribution >= 4 is 22.5 Å². The van der Waals surface area contributed by atoms with Crippen LogP contribution in [0.15, 0.2) is 48.7 Å². The molecule has 1 aliphatic rings. The topological polar surface area (TPSA) is 75.2 Å². The molecule has 0 atom stereocenters. The SMILES string of the molecule is CN(C)C1CCN(c2ccc(C(=O)NCCc3ccc4[nH]cc(C#N)c4c3)cc2)CC1. The number of nitriles is 1. The summed E-state index contributed by atoms with van der Waals surface area (Å²) in [7, 11) is 4.30. The summed E-state index contributed by atoms with van der Waals surface area (Å²) in [6, 6.07) is 16.8. The third-order valence-electron chi connectivity index (χ3n) is 6.26. The molecule has 0 saturated carbocycles. The Morgan fingerprint density at radius 2 is 1.94 bits per heavy atom. The molecule has 0 bridgehead atoms. The van der Waals surface area contributed by atoms with Gasteiger partial charge in [0, 0.05) is 54.0 Å². The number of H-pyrrole nitrogens is 1. The molecule has 0 aliphatic carbocycles. The molecule has 6 heteroatoms. The number of benzene rings is 2. The van der Waals surface area contributed by atoms with Crippen molar-refractivity contribution in [3.8, 4) is 6.07 Å². The highest BCUT2D eigenvalue weighted by atomic mass is 16.1. The summed E-state index contributed by atoms with van der Waals surface area (Å²) in [5.41, 5.74) is 4.56. The molecule has 31 heavy (non-hydrogen) atoms. The number of nitrogens with one attached hydrogen (secondary N) is 2. The highest BCUT2D eigenvalue weighted by molar-refractivity contribution is 5.94. The molecule has 2 N–H and O–H groups in total. The van der Waals surface area contributed by atoms with E-state index in [1.807, 2.05) is 42.5 Å². The van der Waals surface area contributed by atoms with Crippen molar-refractivity contribution in [3.05, 3.63) is 65.4 Å². The van der Waals surface area contributed by atoms with Crippen molar-refractivity contribution in [3.63, 3.8) is 0 Å². The van der Waals surface area contributed by atoms with Gasteiger partial charge < -0.3 is 20.1 Å². The van der Waals surface area contributed by atoms with Crippen molar-refractivity contribution in [2.75, 3.05) is 38.6 Å². The van der Waals surface area contributed by atoms with Gasteiger partial charge in [-0.15, -0.1) is 0 Å². The van der Waals surface area contributed by atoms with Crippen LogP contribution >= 0.6 is 0 Å². The number of fused-ring (bicyclic) bond motifs is 1. The van der Waals surface area contributed by atoms with Gasteiger partial charge >= 0.3 is 0 Å². The lowest BCUT2D eigenvalue weighted by Crippen LogP contribution is -2.42. The first-order chi connectivity index (χ1) is 15.0. The number of anilines is 1.